The number of benzene rings is 2. The van der Waals surface area contributed by atoms with Crippen molar-refractivity contribution in [2.45, 2.75) is 25.5 Å². The number of aromatic nitrogens is 3. The fourth-order valence-corrected chi connectivity index (χ4v) is 4.10. The molecule has 3 heterocycles. The van der Waals surface area contributed by atoms with Gasteiger partial charge in [0, 0.05) is 48.5 Å². The predicted octanol–water partition coefficient (Wildman–Crippen LogP) is 3.04. The Morgan fingerprint density at radius 2 is 2.12 bits per heavy atom. The highest BCUT2D eigenvalue weighted by Gasteiger charge is 2.27. The van der Waals surface area contributed by atoms with E-state index in [-0.39, 0.29) is 36.5 Å². The molecule has 2 aromatic heterocycles. The lowest BCUT2D eigenvalue weighted by atomic mass is 10.0. The Bertz CT molecular complexity index is 1350. The monoisotopic (exact) mass is 432 g/mol. The van der Waals surface area contributed by atoms with E-state index in [2.05, 4.69) is 15.3 Å². The van der Waals surface area contributed by atoms with Gasteiger partial charge in [-0.3, -0.25) is 14.3 Å². The molecule has 8 heteroatoms. The third-order valence-corrected chi connectivity index (χ3v) is 5.61. The quantitative estimate of drug-likeness (QED) is 0.490. The number of nitrogens with one attached hydrogen (secondary N) is 2. The van der Waals surface area contributed by atoms with Gasteiger partial charge in [0.05, 0.1) is 17.6 Å². The van der Waals surface area contributed by atoms with Crippen LogP contribution in [0.5, 0.6) is 5.75 Å². The molecule has 0 aliphatic carbocycles. The van der Waals surface area contributed by atoms with E-state index in [1.54, 1.807) is 23.0 Å². The first kappa shape index (κ1) is 20.0. The van der Waals surface area contributed by atoms with Crippen LogP contribution >= 0.6 is 0 Å². The second-order valence-corrected chi connectivity index (χ2v) is 7.78. The highest BCUT2D eigenvalue weighted by atomic mass is 19.1. The van der Waals surface area contributed by atoms with E-state index in [1.165, 1.54) is 12.1 Å². The zero-order valence-corrected chi connectivity index (χ0v) is 17.2. The fraction of sp³-hybridized carbons (Fsp3) is 0.208. The molecule has 2 N–H and O–H groups in total. The highest BCUT2D eigenvalue weighted by molar-refractivity contribution is 5.77. The van der Waals surface area contributed by atoms with E-state index >= 15 is 0 Å². The number of aromatic amines is 1. The first-order valence-electron chi connectivity index (χ1n) is 10.4. The van der Waals surface area contributed by atoms with Crippen LogP contribution in [0.25, 0.3) is 22.2 Å². The molecule has 0 radical (unpaired) electrons. The van der Waals surface area contributed by atoms with Crippen molar-refractivity contribution < 1.29 is 13.9 Å². The number of hydrogen-bond acceptors (Lipinski definition) is 4. The summed E-state index contributed by atoms with van der Waals surface area (Å²) in [5.41, 5.74) is 3.47. The Labute approximate surface area is 182 Å². The number of carbonyl (C=O) groups is 1. The maximum atomic E-state index is 14.2. The van der Waals surface area contributed by atoms with E-state index in [1.807, 2.05) is 30.3 Å². The van der Waals surface area contributed by atoms with E-state index in [9.17, 15) is 14.0 Å². The summed E-state index contributed by atoms with van der Waals surface area (Å²) in [5.74, 6) is 0.115. The molecule has 0 fully saturated rings. The van der Waals surface area contributed by atoms with Crippen LogP contribution < -0.4 is 15.7 Å². The average molecular weight is 432 g/mol. The Hall–Kier alpha value is -3.94. The Morgan fingerprint density at radius 3 is 2.97 bits per heavy atom. The minimum atomic E-state index is -0.333. The number of imidazole rings is 1. The van der Waals surface area contributed by atoms with Crippen LogP contribution in [0, 0.1) is 5.82 Å². The number of H-pyrrole nitrogens is 1. The first-order chi connectivity index (χ1) is 15.6. The lowest BCUT2D eigenvalue weighted by molar-refractivity contribution is -0.121. The van der Waals surface area contributed by atoms with Crippen molar-refractivity contribution in [1.29, 1.82) is 0 Å². The predicted molar refractivity (Wildman–Crippen MR) is 118 cm³/mol. The normalized spacial score (nSPS) is 14.8. The largest absolute Gasteiger partial charge is 0.487 e. The summed E-state index contributed by atoms with van der Waals surface area (Å²) in [5, 5.41) is 2.87. The van der Waals surface area contributed by atoms with Gasteiger partial charge in [-0.25, -0.2) is 9.18 Å². The number of ether oxygens (including phenoxy) is 1. The van der Waals surface area contributed by atoms with Crippen LogP contribution in [-0.2, 0) is 17.8 Å². The fourth-order valence-electron chi connectivity index (χ4n) is 4.10. The smallest absolute Gasteiger partial charge is 0.326 e. The molecule has 4 aromatic rings. The second kappa shape index (κ2) is 8.30. The number of pyridine rings is 1. The number of para-hydroxylation sites is 2. The molecule has 0 spiro atoms. The molecule has 1 amide bonds. The molecule has 7 nitrogen and oxygen atoms in total. The standard InChI is InChI=1S/C24H21FN4O3/c25-17-10-16-11-18(32-23(16)19(12-17)15-4-3-8-26-13-15)14-27-22(30)7-9-29-21-6-2-1-5-20(21)28-24(29)31/h1-6,8,10,12-13,18H,7,9,11,14H2,(H,27,30)(H,28,31). The van der Waals surface area contributed by atoms with E-state index in [0.29, 0.717) is 24.3 Å². The van der Waals surface area contributed by atoms with Crippen molar-refractivity contribution in [1.82, 2.24) is 19.9 Å². The number of aryl methyl sites for hydroxylation is 1. The van der Waals surface area contributed by atoms with Gasteiger partial charge < -0.3 is 15.0 Å². The first-order valence-corrected chi connectivity index (χ1v) is 10.4. The molecular formula is C24H21FN4O3. The lowest BCUT2D eigenvalue weighted by Crippen LogP contribution is -2.35. The molecule has 0 bridgehead atoms. The van der Waals surface area contributed by atoms with Crippen LogP contribution in [0.4, 0.5) is 4.39 Å². The topological polar surface area (TPSA) is 89.0 Å². The van der Waals surface area contributed by atoms with Gasteiger partial charge in [0.2, 0.25) is 5.91 Å². The van der Waals surface area contributed by atoms with Gasteiger partial charge in [0.15, 0.2) is 0 Å². The maximum absolute atomic E-state index is 14.2. The van der Waals surface area contributed by atoms with Gasteiger partial charge in [-0.05, 0) is 30.3 Å². The summed E-state index contributed by atoms with van der Waals surface area (Å²) < 4.78 is 21.8. The van der Waals surface area contributed by atoms with Crippen molar-refractivity contribution in [3.8, 4) is 16.9 Å². The molecule has 162 valence electrons. The minimum Gasteiger partial charge on any atom is -0.487 e. The van der Waals surface area contributed by atoms with Gasteiger partial charge in [0.1, 0.15) is 17.7 Å². The Morgan fingerprint density at radius 1 is 1.25 bits per heavy atom. The van der Waals surface area contributed by atoms with Gasteiger partial charge in [0.25, 0.3) is 0 Å². The van der Waals surface area contributed by atoms with Crippen LogP contribution in [0.1, 0.15) is 12.0 Å². The molecule has 0 saturated carbocycles. The van der Waals surface area contributed by atoms with Crippen molar-refractivity contribution in [3.05, 3.63) is 82.8 Å². The summed E-state index contributed by atoms with van der Waals surface area (Å²) in [4.78, 5) is 31.4. The molecule has 32 heavy (non-hydrogen) atoms. The summed E-state index contributed by atoms with van der Waals surface area (Å²) in [6, 6.07) is 13.9. The van der Waals surface area contributed by atoms with E-state index in [4.69, 9.17) is 4.74 Å². The molecule has 1 atom stereocenters. The number of carbonyl (C=O) groups excluding carboxylic acids is 1. The molecule has 5 rings (SSSR count). The Balaban J connectivity index is 1.21. The summed E-state index contributed by atoms with van der Waals surface area (Å²) in [7, 11) is 0. The average Bonchev–Trinajstić information content (AvgIpc) is 3.35. The summed E-state index contributed by atoms with van der Waals surface area (Å²) in [6.45, 7) is 0.571. The molecule has 1 aliphatic rings. The van der Waals surface area contributed by atoms with Crippen molar-refractivity contribution in [2.24, 2.45) is 0 Å². The van der Waals surface area contributed by atoms with Crippen LogP contribution in [0.15, 0.2) is 65.7 Å². The minimum absolute atomic E-state index is 0.164. The Kier molecular flexibility index (Phi) is 5.18. The molecule has 1 unspecified atom stereocenters. The van der Waals surface area contributed by atoms with E-state index in [0.717, 1.165) is 22.2 Å². The molecule has 2 aromatic carbocycles. The second-order valence-electron chi connectivity index (χ2n) is 7.78. The molecule has 1 aliphatic heterocycles. The van der Waals surface area contributed by atoms with Crippen molar-refractivity contribution in [2.75, 3.05) is 6.54 Å². The molecular weight excluding hydrogens is 411 g/mol. The maximum Gasteiger partial charge on any atom is 0.326 e. The SMILES string of the molecule is O=C(CCn1c(=O)[nH]c2ccccc21)NCC1Cc2cc(F)cc(-c3cccnc3)c2O1. The third-order valence-electron chi connectivity index (χ3n) is 5.61. The van der Waals surface area contributed by atoms with E-state index < -0.39 is 0 Å². The third kappa shape index (κ3) is 3.87. The van der Waals surface area contributed by atoms with Crippen LogP contribution in [-0.4, -0.2) is 33.1 Å². The summed E-state index contributed by atoms with van der Waals surface area (Å²) >= 11 is 0. The lowest BCUT2D eigenvalue weighted by Gasteiger charge is -2.14. The van der Waals surface area contributed by atoms with Gasteiger partial charge >= 0.3 is 5.69 Å². The molecule has 0 saturated heterocycles. The summed E-state index contributed by atoms with van der Waals surface area (Å²) in [6.07, 6.45) is 3.70. The number of fused-ring (bicyclic) bond motifs is 2. The number of hydrogen-bond donors (Lipinski definition) is 2. The number of nitrogens with zero attached hydrogens (tertiary/aromatic N) is 2. The highest BCUT2D eigenvalue weighted by Crippen LogP contribution is 2.39. The van der Waals surface area contributed by atoms with Crippen molar-refractivity contribution >= 4 is 16.9 Å². The number of rotatable bonds is 6. The zero-order chi connectivity index (χ0) is 22.1. The number of halogens is 1. The van der Waals surface area contributed by atoms with Crippen LogP contribution in [0.2, 0.25) is 0 Å². The van der Waals surface area contributed by atoms with Gasteiger partial charge in [-0.1, -0.05) is 18.2 Å². The zero-order valence-electron chi connectivity index (χ0n) is 17.2. The number of amides is 1. The van der Waals surface area contributed by atoms with Gasteiger partial charge in [-0.2, -0.15) is 0 Å². The van der Waals surface area contributed by atoms with Crippen molar-refractivity contribution in [3.63, 3.8) is 0 Å². The van der Waals surface area contributed by atoms with Gasteiger partial charge in [-0.15, -0.1) is 0 Å². The van der Waals surface area contributed by atoms with Crippen LogP contribution in [0.3, 0.4) is 0 Å².